The Morgan fingerprint density at radius 1 is 1.50 bits per heavy atom. The van der Waals surface area contributed by atoms with Crippen LogP contribution in [0.15, 0.2) is 16.7 Å². The number of aryl methyl sites for hydroxylation is 2. The zero-order chi connectivity index (χ0) is 12.7. The predicted molar refractivity (Wildman–Crippen MR) is 78.1 cm³/mol. The summed E-state index contributed by atoms with van der Waals surface area (Å²) in [5.74, 6) is 0.850. The van der Waals surface area contributed by atoms with Gasteiger partial charge >= 0.3 is 0 Å². The lowest BCUT2D eigenvalue weighted by Crippen LogP contribution is -2.15. The molecule has 0 spiro atoms. The molecular weight excluding hydrogens is 288 g/mol. The fourth-order valence-corrected chi connectivity index (χ4v) is 3.36. The molecule has 0 amide bonds. The van der Waals surface area contributed by atoms with Crippen LogP contribution in [0, 0.1) is 12.8 Å². The third kappa shape index (κ3) is 1.99. The Kier molecular flexibility index (Phi) is 3.18. The Balaban J connectivity index is 2.07. The second-order valence-corrected chi connectivity index (χ2v) is 6.29. The molecule has 3 rings (SSSR count). The number of fused-ring (bicyclic) bond motifs is 3. The quantitative estimate of drug-likeness (QED) is 0.808. The van der Waals surface area contributed by atoms with E-state index in [2.05, 4.69) is 46.4 Å². The molecule has 0 radical (unpaired) electrons. The molecule has 0 saturated carbocycles. The van der Waals surface area contributed by atoms with Crippen LogP contribution in [0.3, 0.4) is 0 Å². The zero-order valence-electron chi connectivity index (χ0n) is 11.0. The molecular formula is C15H19BrN2. The van der Waals surface area contributed by atoms with Crippen molar-refractivity contribution >= 4 is 21.6 Å². The van der Waals surface area contributed by atoms with Gasteiger partial charge in [0.15, 0.2) is 0 Å². The molecule has 2 nitrogen and oxygen atoms in total. The van der Waals surface area contributed by atoms with E-state index in [1.807, 2.05) is 0 Å². The highest BCUT2D eigenvalue weighted by Gasteiger charge is 2.22. The van der Waals surface area contributed by atoms with Gasteiger partial charge in [-0.2, -0.15) is 0 Å². The number of halogens is 1. The van der Waals surface area contributed by atoms with Crippen molar-refractivity contribution in [1.82, 2.24) is 9.38 Å². The molecule has 0 N–H and O–H groups in total. The van der Waals surface area contributed by atoms with Crippen molar-refractivity contribution in [3.63, 3.8) is 0 Å². The fourth-order valence-electron chi connectivity index (χ4n) is 3.04. The summed E-state index contributed by atoms with van der Waals surface area (Å²) in [5.41, 5.74) is 5.13. The maximum atomic E-state index is 4.79. The van der Waals surface area contributed by atoms with Gasteiger partial charge in [0.1, 0.15) is 5.65 Å². The number of pyridine rings is 1. The van der Waals surface area contributed by atoms with Crippen molar-refractivity contribution in [3.8, 4) is 0 Å². The maximum Gasteiger partial charge on any atom is 0.137 e. The standard InChI is InChI=1S/C15H19BrN2/c1-3-4-11-5-6-13-14(8-11)18-9-12(16)10(2)7-15(18)17-13/h7,9,11H,3-6,8H2,1-2H3. The fraction of sp³-hybridized carbons (Fsp3) is 0.533. The van der Waals surface area contributed by atoms with Gasteiger partial charge < -0.3 is 4.40 Å². The Morgan fingerprint density at radius 2 is 2.33 bits per heavy atom. The van der Waals surface area contributed by atoms with E-state index < -0.39 is 0 Å². The third-order valence-corrected chi connectivity index (χ3v) is 4.88. The molecule has 1 unspecified atom stereocenters. The normalized spacial score (nSPS) is 19.2. The molecule has 0 aliphatic heterocycles. The summed E-state index contributed by atoms with van der Waals surface area (Å²) in [6.45, 7) is 4.40. The molecule has 2 aromatic rings. The molecule has 0 bridgehead atoms. The molecule has 0 fully saturated rings. The second kappa shape index (κ2) is 4.69. The molecule has 1 aliphatic rings. The monoisotopic (exact) mass is 306 g/mol. The molecule has 96 valence electrons. The lowest BCUT2D eigenvalue weighted by Gasteiger charge is -2.21. The van der Waals surface area contributed by atoms with Crippen molar-refractivity contribution in [3.05, 3.63) is 33.7 Å². The van der Waals surface area contributed by atoms with E-state index in [0.29, 0.717) is 0 Å². The van der Waals surface area contributed by atoms with Gasteiger partial charge in [0, 0.05) is 16.4 Å². The minimum absolute atomic E-state index is 0.850. The molecule has 3 heteroatoms. The van der Waals surface area contributed by atoms with E-state index >= 15 is 0 Å². The number of rotatable bonds is 2. The highest BCUT2D eigenvalue weighted by atomic mass is 79.9. The Morgan fingerprint density at radius 3 is 3.11 bits per heavy atom. The minimum Gasteiger partial charge on any atom is -0.303 e. The first-order valence-electron chi connectivity index (χ1n) is 6.85. The number of hydrogen-bond donors (Lipinski definition) is 0. The highest BCUT2D eigenvalue weighted by molar-refractivity contribution is 9.10. The summed E-state index contributed by atoms with van der Waals surface area (Å²) in [6.07, 6.45) is 8.48. The Hall–Kier alpha value is -0.830. The largest absolute Gasteiger partial charge is 0.303 e. The van der Waals surface area contributed by atoms with E-state index in [1.165, 1.54) is 47.1 Å². The van der Waals surface area contributed by atoms with Gasteiger partial charge in [-0.05, 0) is 59.7 Å². The van der Waals surface area contributed by atoms with Gasteiger partial charge in [-0.1, -0.05) is 19.8 Å². The number of imidazole rings is 1. The van der Waals surface area contributed by atoms with Gasteiger partial charge in [0.2, 0.25) is 0 Å². The number of nitrogens with zero attached hydrogens (tertiary/aromatic N) is 2. The maximum absolute atomic E-state index is 4.79. The second-order valence-electron chi connectivity index (χ2n) is 5.44. The summed E-state index contributed by atoms with van der Waals surface area (Å²) in [4.78, 5) is 4.79. The zero-order valence-corrected chi connectivity index (χ0v) is 12.6. The van der Waals surface area contributed by atoms with Gasteiger partial charge in [0.25, 0.3) is 0 Å². The molecule has 0 aromatic carbocycles. The summed E-state index contributed by atoms with van der Waals surface area (Å²) in [6, 6.07) is 2.18. The Bertz CT molecular complexity index is 586. The molecule has 18 heavy (non-hydrogen) atoms. The van der Waals surface area contributed by atoms with Crippen LogP contribution in [-0.4, -0.2) is 9.38 Å². The SMILES string of the molecule is CCCC1CCc2nc3cc(C)c(Br)cn3c2C1. The average molecular weight is 307 g/mol. The Labute approximate surface area is 117 Å². The van der Waals surface area contributed by atoms with Gasteiger partial charge in [-0.3, -0.25) is 0 Å². The molecule has 1 atom stereocenters. The summed E-state index contributed by atoms with van der Waals surface area (Å²) in [7, 11) is 0. The smallest absolute Gasteiger partial charge is 0.137 e. The molecule has 1 aliphatic carbocycles. The van der Waals surface area contributed by atoms with E-state index in [4.69, 9.17) is 4.98 Å². The van der Waals surface area contributed by atoms with Crippen LogP contribution in [0.25, 0.3) is 5.65 Å². The average Bonchev–Trinajstić information content (AvgIpc) is 2.68. The summed E-state index contributed by atoms with van der Waals surface area (Å²) < 4.78 is 3.46. The van der Waals surface area contributed by atoms with E-state index in [-0.39, 0.29) is 0 Å². The lowest BCUT2D eigenvalue weighted by atomic mass is 9.87. The third-order valence-electron chi connectivity index (χ3n) is 4.05. The van der Waals surface area contributed by atoms with Crippen LogP contribution in [0.5, 0.6) is 0 Å². The number of hydrogen-bond acceptors (Lipinski definition) is 1. The molecule has 2 aromatic heterocycles. The first kappa shape index (κ1) is 12.2. The van der Waals surface area contributed by atoms with Crippen LogP contribution >= 0.6 is 15.9 Å². The van der Waals surface area contributed by atoms with Crippen molar-refractivity contribution in [2.75, 3.05) is 0 Å². The molecule has 2 heterocycles. The van der Waals surface area contributed by atoms with E-state index in [0.717, 1.165) is 18.0 Å². The topological polar surface area (TPSA) is 17.3 Å². The van der Waals surface area contributed by atoms with Crippen molar-refractivity contribution < 1.29 is 0 Å². The van der Waals surface area contributed by atoms with Crippen LogP contribution in [0.4, 0.5) is 0 Å². The number of aromatic nitrogens is 2. The first-order chi connectivity index (χ1) is 8.69. The van der Waals surface area contributed by atoms with E-state index in [9.17, 15) is 0 Å². The van der Waals surface area contributed by atoms with Crippen molar-refractivity contribution in [1.29, 1.82) is 0 Å². The molecule has 0 saturated heterocycles. The van der Waals surface area contributed by atoms with Crippen LogP contribution in [-0.2, 0) is 12.8 Å². The minimum atomic E-state index is 0.850. The van der Waals surface area contributed by atoms with Crippen LogP contribution in [0.2, 0.25) is 0 Å². The van der Waals surface area contributed by atoms with Crippen molar-refractivity contribution in [2.45, 2.75) is 46.0 Å². The summed E-state index contributed by atoms with van der Waals surface area (Å²) in [5, 5.41) is 0. The first-order valence-corrected chi connectivity index (χ1v) is 7.64. The van der Waals surface area contributed by atoms with Crippen LogP contribution < -0.4 is 0 Å². The van der Waals surface area contributed by atoms with E-state index in [1.54, 1.807) is 0 Å². The van der Waals surface area contributed by atoms with Crippen molar-refractivity contribution in [2.24, 2.45) is 5.92 Å². The van der Waals surface area contributed by atoms with Gasteiger partial charge in [0.05, 0.1) is 5.69 Å². The van der Waals surface area contributed by atoms with Gasteiger partial charge in [-0.15, -0.1) is 0 Å². The van der Waals surface area contributed by atoms with Crippen LogP contribution in [0.1, 0.15) is 43.1 Å². The van der Waals surface area contributed by atoms with Gasteiger partial charge in [-0.25, -0.2) is 4.98 Å². The predicted octanol–water partition coefficient (Wildman–Crippen LogP) is 4.31. The summed E-state index contributed by atoms with van der Waals surface area (Å²) >= 11 is 3.63. The highest BCUT2D eigenvalue weighted by Crippen LogP contribution is 2.30. The lowest BCUT2D eigenvalue weighted by molar-refractivity contribution is 0.414.